The fourth-order valence-electron chi connectivity index (χ4n) is 6.82. The van der Waals surface area contributed by atoms with Crippen molar-refractivity contribution in [3.63, 3.8) is 0 Å². The number of hydrogen-bond acceptors (Lipinski definition) is 6. The van der Waals surface area contributed by atoms with Crippen molar-refractivity contribution < 1.29 is 14.3 Å². The van der Waals surface area contributed by atoms with E-state index in [4.69, 9.17) is 11.6 Å². The summed E-state index contributed by atoms with van der Waals surface area (Å²) < 4.78 is 17.3. The molecule has 1 atom stereocenters. The molecule has 2 aromatic heterocycles. The molecule has 2 fully saturated rings. The lowest BCUT2D eigenvalue weighted by atomic mass is 9.85. The van der Waals surface area contributed by atoms with Gasteiger partial charge in [0.2, 0.25) is 5.43 Å². The fraction of sp³-hybridized carbons (Fsp3) is 0.400. The molecule has 1 aliphatic heterocycles. The van der Waals surface area contributed by atoms with Crippen molar-refractivity contribution in [1.82, 2.24) is 14.9 Å². The topological polar surface area (TPSA) is 90.7 Å². The predicted octanol–water partition coefficient (Wildman–Crippen LogP) is 6.65. The van der Waals surface area contributed by atoms with E-state index in [0.717, 1.165) is 23.4 Å². The molecule has 3 heterocycles. The number of piperazine rings is 1. The van der Waals surface area contributed by atoms with Gasteiger partial charge in [-0.2, -0.15) is 0 Å². The lowest BCUT2D eigenvalue weighted by molar-refractivity contribution is 0.0695. The molecule has 8 nitrogen and oxygen atoms in total. The van der Waals surface area contributed by atoms with Crippen LogP contribution in [0, 0.1) is 11.7 Å². The molecule has 0 radical (unpaired) electrons. The Kier molecular flexibility index (Phi) is 9.37. The van der Waals surface area contributed by atoms with Crippen LogP contribution in [-0.2, 0) is 6.54 Å². The number of fused-ring (bicyclic) bond motifs is 1. The van der Waals surface area contributed by atoms with E-state index in [1.807, 2.05) is 47.4 Å². The number of carbonyl (C=O) groups is 1. The second-order valence-electron chi connectivity index (χ2n) is 12.3. The van der Waals surface area contributed by atoms with Gasteiger partial charge in [0.25, 0.3) is 0 Å². The van der Waals surface area contributed by atoms with Crippen LogP contribution in [0.4, 0.5) is 15.9 Å². The summed E-state index contributed by atoms with van der Waals surface area (Å²) in [6.07, 6.45) is 10.9. The Morgan fingerprint density at radius 2 is 1.78 bits per heavy atom. The van der Waals surface area contributed by atoms with Crippen LogP contribution in [0.2, 0.25) is 5.02 Å². The van der Waals surface area contributed by atoms with Gasteiger partial charge < -0.3 is 24.8 Å². The van der Waals surface area contributed by atoms with Crippen LogP contribution in [0.5, 0.6) is 0 Å². The van der Waals surface area contributed by atoms with E-state index in [2.05, 4.69) is 22.1 Å². The second kappa shape index (κ2) is 13.6. The first kappa shape index (κ1) is 31.0. The van der Waals surface area contributed by atoms with E-state index in [1.165, 1.54) is 44.7 Å². The molecule has 2 aliphatic rings. The van der Waals surface area contributed by atoms with Gasteiger partial charge in [0.1, 0.15) is 17.2 Å². The van der Waals surface area contributed by atoms with Crippen LogP contribution in [0.15, 0.2) is 65.7 Å². The van der Waals surface area contributed by atoms with E-state index in [9.17, 15) is 14.7 Å². The average Bonchev–Trinajstić information content (AvgIpc) is 3.05. The minimum Gasteiger partial charge on any atom is -0.477 e. The standard InChI is InChI=1S/C35H39ClFN5O3/c1-23(19-24-7-3-2-4-8-24)39-21-25-10-12-26(13-11-25)42-22-28(35(44)45)34(43)27-20-29(37)33(31(36)32(27)42)41-17-15-40(16-18-41)30-9-5-6-14-38-30/h5-6,9-14,20,22-24,39H,2-4,7-8,15-19,21H2,1H3,(H,44,45). The van der Waals surface area contributed by atoms with E-state index in [-0.39, 0.29) is 21.6 Å². The van der Waals surface area contributed by atoms with Gasteiger partial charge in [-0.25, -0.2) is 14.2 Å². The first-order valence-electron chi connectivity index (χ1n) is 15.8. The Balaban J connectivity index is 1.28. The first-order valence-corrected chi connectivity index (χ1v) is 16.2. The molecule has 0 bridgehead atoms. The number of benzene rings is 2. The van der Waals surface area contributed by atoms with Crippen LogP contribution in [0.1, 0.15) is 61.4 Å². The molecule has 1 aliphatic carbocycles. The maximum atomic E-state index is 15.7. The summed E-state index contributed by atoms with van der Waals surface area (Å²) >= 11 is 6.96. The van der Waals surface area contributed by atoms with Gasteiger partial charge in [0.15, 0.2) is 0 Å². The average molecular weight is 632 g/mol. The smallest absolute Gasteiger partial charge is 0.341 e. The van der Waals surface area contributed by atoms with Crippen molar-refractivity contribution in [1.29, 1.82) is 0 Å². The molecule has 45 heavy (non-hydrogen) atoms. The van der Waals surface area contributed by atoms with Gasteiger partial charge in [-0.05, 0) is 55.2 Å². The maximum Gasteiger partial charge on any atom is 0.341 e. The van der Waals surface area contributed by atoms with Gasteiger partial charge >= 0.3 is 5.97 Å². The van der Waals surface area contributed by atoms with Crippen LogP contribution in [0.3, 0.4) is 0 Å². The summed E-state index contributed by atoms with van der Waals surface area (Å²) in [6.45, 7) is 5.17. The predicted molar refractivity (Wildman–Crippen MR) is 178 cm³/mol. The molecule has 4 aromatic rings. The molecule has 0 spiro atoms. The van der Waals surface area contributed by atoms with Crippen molar-refractivity contribution >= 4 is 40.0 Å². The molecule has 2 N–H and O–H groups in total. The van der Waals surface area contributed by atoms with Gasteiger partial charge in [-0.3, -0.25) is 4.79 Å². The van der Waals surface area contributed by atoms with Crippen molar-refractivity contribution in [2.24, 2.45) is 5.92 Å². The van der Waals surface area contributed by atoms with Crippen molar-refractivity contribution in [2.75, 3.05) is 36.0 Å². The highest BCUT2D eigenvalue weighted by Gasteiger charge is 2.27. The number of carboxylic acids is 1. The summed E-state index contributed by atoms with van der Waals surface area (Å²) in [5.41, 5.74) is 0.976. The Labute approximate surface area is 267 Å². The van der Waals surface area contributed by atoms with Crippen molar-refractivity contribution in [2.45, 2.75) is 58.0 Å². The highest BCUT2D eigenvalue weighted by atomic mass is 35.5. The molecule has 1 saturated heterocycles. The highest BCUT2D eigenvalue weighted by Crippen LogP contribution is 2.37. The van der Waals surface area contributed by atoms with E-state index >= 15 is 4.39 Å². The van der Waals surface area contributed by atoms with Crippen LogP contribution in [0.25, 0.3) is 16.6 Å². The summed E-state index contributed by atoms with van der Waals surface area (Å²) in [4.78, 5) is 33.7. The van der Waals surface area contributed by atoms with Crippen LogP contribution >= 0.6 is 11.6 Å². The number of pyridine rings is 2. The van der Waals surface area contributed by atoms with Gasteiger partial charge in [-0.1, -0.05) is 61.9 Å². The first-order chi connectivity index (χ1) is 21.8. The lowest BCUT2D eigenvalue weighted by Gasteiger charge is -2.37. The number of aromatic nitrogens is 2. The molecular formula is C35H39ClFN5O3. The third-order valence-corrected chi connectivity index (χ3v) is 9.59. The molecule has 6 rings (SSSR count). The van der Waals surface area contributed by atoms with E-state index in [0.29, 0.717) is 44.5 Å². The third-order valence-electron chi connectivity index (χ3n) is 9.24. The Morgan fingerprint density at radius 3 is 2.44 bits per heavy atom. The SMILES string of the molecule is CC(CC1CCCCC1)NCc1ccc(-n2cc(C(=O)O)c(=O)c3cc(F)c(N4CCN(c5ccccn5)CC4)c(Cl)c32)cc1. The normalized spacial score (nSPS) is 16.7. The fourth-order valence-corrected chi connectivity index (χ4v) is 7.23. The van der Waals surface area contributed by atoms with E-state index in [1.54, 1.807) is 10.8 Å². The van der Waals surface area contributed by atoms with Crippen LogP contribution < -0.4 is 20.5 Å². The lowest BCUT2D eigenvalue weighted by Crippen LogP contribution is -2.47. The molecular weight excluding hydrogens is 593 g/mol. The largest absolute Gasteiger partial charge is 0.477 e. The Hall–Kier alpha value is -3.95. The third kappa shape index (κ3) is 6.70. The Bertz CT molecular complexity index is 1720. The monoisotopic (exact) mass is 631 g/mol. The molecule has 1 saturated carbocycles. The van der Waals surface area contributed by atoms with Crippen molar-refractivity contribution in [3.05, 3.63) is 93.1 Å². The molecule has 236 valence electrons. The molecule has 0 amide bonds. The zero-order chi connectivity index (χ0) is 31.5. The quantitative estimate of drug-likeness (QED) is 0.214. The minimum absolute atomic E-state index is 0.0736. The number of hydrogen-bond donors (Lipinski definition) is 2. The minimum atomic E-state index is -1.38. The number of halogens is 2. The number of rotatable bonds is 9. The van der Waals surface area contributed by atoms with Gasteiger partial charge in [0, 0.05) is 56.8 Å². The zero-order valence-electron chi connectivity index (χ0n) is 25.5. The summed E-state index contributed by atoms with van der Waals surface area (Å²) in [5, 5.41) is 13.5. The van der Waals surface area contributed by atoms with Crippen molar-refractivity contribution in [3.8, 4) is 5.69 Å². The molecule has 2 aromatic carbocycles. The molecule has 1 unspecified atom stereocenters. The zero-order valence-corrected chi connectivity index (χ0v) is 26.3. The maximum absolute atomic E-state index is 15.7. The number of carboxylic acid groups (broad SMARTS) is 1. The second-order valence-corrected chi connectivity index (χ2v) is 12.7. The number of aromatic carboxylic acids is 1. The highest BCUT2D eigenvalue weighted by molar-refractivity contribution is 6.38. The summed E-state index contributed by atoms with van der Waals surface area (Å²) in [7, 11) is 0. The van der Waals surface area contributed by atoms with Crippen LogP contribution in [-0.4, -0.2) is 52.8 Å². The van der Waals surface area contributed by atoms with E-state index < -0.39 is 22.8 Å². The van der Waals surface area contributed by atoms with Gasteiger partial charge in [0.05, 0.1) is 21.6 Å². The number of anilines is 2. The Morgan fingerprint density at radius 1 is 1.07 bits per heavy atom. The number of nitrogens with zero attached hydrogens (tertiary/aromatic N) is 4. The molecule has 10 heteroatoms. The summed E-state index contributed by atoms with van der Waals surface area (Å²) in [5.74, 6) is -0.386. The number of nitrogens with one attached hydrogen (secondary N) is 1. The summed E-state index contributed by atoms with van der Waals surface area (Å²) in [6, 6.07) is 15.0. The van der Waals surface area contributed by atoms with Gasteiger partial charge in [-0.15, -0.1) is 0 Å².